The number of hydrogen-bond acceptors (Lipinski definition) is 6. The molecule has 1 N–H and O–H groups in total. The molecule has 9 heteroatoms. The number of hydrogen-bond donors (Lipinski definition) is 1. The maximum atomic E-state index is 13.3. The molecule has 3 aromatic heterocycles. The first-order valence-electron chi connectivity index (χ1n) is 10.8. The van der Waals surface area contributed by atoms with Crippen molar-refractivity contribution in [3.8, 4) is 5.82 Å². The van der Waals surface area contributed by atoms with Crippen LogP contribution in [0.2, 0.25) is 0 Å². The van der Waals surface area contributed by atoms with Crippen LogP contribution in [-0.2, 0) is 10.3 Å². The van der Waals surface area contributed by atoms with E-state index in [0.29, 0.717) is 18.0 Å². The Labute approximate surface area is 190 Å². The Hall–Kier alpha value is -3.20. The van der Waals surface area contributed by atoms with Crippen LogP contribution in [0.25, 0.3) is 5.82 Å². The van der Waals surface area contributed by atoms with Crippen LogP contribution in [0, 0.1) is 6.92 Å². The average Bonchev–Trinajstić information content (AvgIpc) is 3.50. The first kappa shape index (κ1) is 20.7. The SMILES string of the molecule is Cc1ncsc1C(=O)N1CC[C@@]2(C1)c1cccn1-c1ncccc1N2CC(=O)NC(C)C. The average molecular weight is 451 g/mol. The van der Waals surface area contributed by atoms with Crippen molar-refractivity contribution in [2.24, 2.45) is 0 Å². The zero-order chi connectivity index (χ0) is 22.5. The van der Waals surface area contributed by atoms with Crippen molar-refractivity contribution in [3.63, 3.8) is 0 Å². The van der Waals surface area contributed by atoms with E-state index in [2.05, 4.69) is 30.8 Å². The first-order valence-corrected chi connectivity index (χ1v) is 11.7. The minimum atomic E-state index is -0.512. The molecular formula is C23H26N6O2S. The van der Waals surface area contributed by atoms with Crippen molar-refractivity contribution in [2.75, 3.05) is 24.5 Å². The van der Waals surface area contributed by atoms with E-state index in [1.165, 1.54) is 11.3 Å². The molecule has 2 amide bonds. The van der Waals surface area contributed by atoms with Crippen LogP contribution >= 0.6 is 11.3 Å². The summed E-state index contributed by atoms with van der Waals surface area (Å²) in [7, 11) is 0. The van der Waals surface area contributed by atoms with Crippen LogP contribution in [-0.4, -0.2) is 56.9 Å². The Morgan fingerprint density at radius 1 is 1.25 bits per heavy atom. The number of carbonyl (C=O) groups excluding carboxylic acids is 2. The first-order chi connectivity index (χ1) is 15.4. The third-order valence-electron chi connectivity index (χ3n) is 6.25. The molecule has 2 aliphatic heterocycles. The highest BCUT2D eigenvalue weighted by Crippen LogP contribution is 2.47. The van der Waals surface area contributed by atoms with Crippen LogP contribution < -0.4 is 10.2 Å². The van der Waals surface area contributed by atoms with E-state index in [4.69, 9.17) is 0 Å². The summed E-state index contributed by atoms with van der Waals surface area (Å²) in [6, 6.07) is 8.04. The lowest BCUT2D eigenvalue weighted by Crippen LogP contribution is -2.56. The highest BCUT2D eigenvalue weighted by atomic mass is 32.1. The van der Waals surface area contributed by atoms with Gasteiger partial charge in [-0.25, -0.2) is 9.97 Å². The Balaban J connectivity index is 1.57. The van der Waals surface area contributed by atoms with E-state index < -0.39 is 5.54 Å². The summed E-state index contributed by atoms with van der Waals surface area (Å²) in [4.78, 5) is 39.8. The molecule has 5 rings (SSSR count). The molecule has 3 aromatic rings. The molecule has 0 aromatic carbocycles. The maximum absolute atomic E-state index is 13.3. The van der Waals surface area contributed by atoms with Crippen molar-refractivity contribution in [2.45, 2.75) is 38.8 Å². The lowest BCUT2D eigenvalue weighted by atomic mass is 9.88. The molecule has 5 heterocycles. The number of rotatable bonds is 4. The number of aryl methyl sites for hydroxylation is 1. The van der Waals surface area contributed by atoms with E-state index in [0.717, 1.165) is 29.3 Å². The summed E-state index contributed by atoms with van der Waals surface area (Å²) in [5.41, 5.74) is 3.92. The summed E-state index contributed by atoms with van der Waals surface area (Å²) < 4.78 is 2.10. The Morgan fingerprint density at radius 2 is 2.09 bits per heavy atom. The number of amides is 2. The molecule has 0 radical (unpaired) electrons. The number of aromatic nitrogens is 3. The van der Waals surface area contributed by atoms with Gasteiger partial charge in [-0.15, -0.1) is 11.3 Å². The van der Waals surface area contributed by atoms with E-state index in [9.17, 15) is 9.59 Å². The fourth-order valence-corrected chi connectivity index (χ4v) is 5.66. The van der Waals surface area contributed by atoms with Crippen LogP contribution in [0.15, 0.2) is 42.2 Å². The third kappa shape index (κ3) is 3.19. The predicted molar refractivity (Wildman–Crippen MR) is 123 cm³/mol. The van der Waals surface area contributed by atoms with E-state index in [-0.39, 0.29) is 24.4 Å². The largest absolute Gasteiger partial charge is 0.352 e. The minimum absolute atomic E-state index is 0.00328. The predicted octanol–water partition coefficient (Wildman–Crippen LogP) is 2.72. The molecule has 1 fully saturated rings. The van der Waals surface area contributed by atoms with Gasteiger partial charge in [-0.05, 0) is 51.5 Å². The summed E-state index contributed by atoms with van der Waals surface area (Å²) in [5, 5.41) is 3.01. The van der Waals surface area contributed by atoms with E-state index in [1.54, 1.807) is 11.7 Å². The quantitative estimate of drug-likeness (QED) is 0.661. The van der Waals surface area contributed by atoms with Crippen LogP contribution in [0.4, 0.5) is 5.69 Å². The van der Waals surface area contributed by atoms with Crippen molar-refractivity contribution in [1.82, 2.24) is 24.8 Å². The summed E-state index contributed by atoms with van der Waals surface area (Å²) in [6.07, 6.45) is 4.50. The molecule has 8 nitrogen and oxygen atoms in total. The highest BCUT2D eigenvalue weighted by Gasteiger charge is 2.51. The number of carbonyl (C=O) groups is 2. The number of nitrogens with one attached hydrogen (secondary N) is 1. The molecule has 0 bridgehead atoms. The topological polar surface area (TPSA) is 83.4 Å². The fraction of sp³-hybridized carbons (Fsp3) is 0.391. The van der Waals surface area contributed by atoms with Gasteiger partial charge in [-0.1, -0.05) is 0 Å². The summed E-state index contributed by atoms with van der Waals surface area (Å²) >= 11 is 1.38. The number of pyridine rings is 1. The molecule has 32 heavy (non-hydrogen) atoms. The lowest BCUT2D eigenvalue weighted by Gasteiger charge is -2.46. The molecule has 0 saturated carbocycles. The van der Waals surface area contributed by atoms with Gasteiger partial charge in [0.05, 0.1) is 29.1 Å². The van der Waals surface area contributed by atoms with Gasteiger partial charge in [0.2, 0.25) is 5.91 Å². The zero-order valence-corrected chi connectivity index (χ0v) is 19.2. The van der Waals surface area contributed by atoms with Gasteiger partial charge in [0, 0.05) is 31.5 Å². The van der Waals surface area contributed by atoms with Crippen molar-refractivity contribution in [1.29, 1.82) is 0 Å². The number of likely N-dealkylation sites (tertiary alicyclic amines) is 1. The standard InChI is InChI=1S/C23H26N6O2S/c1-15(2)26-19(30)12-29-17-6-4-9-24-21(17)28-10-5-7-18(28)23(29)8-11-27(13-23)22(31)20-16(3)25-14-32-20/h4-7,9-10,14-15H,8,11-13H2,1-3H3,(H,26,30)/t23-/m1/s1. The molecular weight excluding hydrogens is 424 g/mol. The van der Waals surface area contributed by atoms with Gasteiger partial charge < -0.3 is 19.7 Å². The van der Waals surface area contributed by atoms with Gasteiger partial charge in [-0.2, -0.15) is 0 Å². The fourth-order valence-electron chi connectivity index (χ4n) is 4.89. The summed E-state index contributed by atoms with van der Waals surface area (Å²) in [6.45, 7) is 7.08. The molecule has 1 saturated heterocycles. The van der Waals surface area contributed by atoms with Crippen LogP contribution in [0.1, 0.15) is 41.3 Å². The molecule has 0 unspecified atom stereocenters. The minimum Gasteiger partial charge on any atom is -0.352 e. The molecule has 1 spiro atoms. The lowest BCUT2D eigenvalue weighted by molar-refractivity contribution is -0.120. The number of fused-ring (bicyclic) bond motifs is 4. The number of anilines is 1. The third-order valence-corrected chi connectivity index (χ3v) is 7.17. The molecule has 1 atom stereocenters. The second kappa shape index (κ2) is 7.74. The van der Waals surface area contributed by atoms with Crippen LogP contribution in [0.3, 0.4) is 0 Å². The van der Waals surface area contributed by atoms with Gasteiger partial charge >= 0.3 is 0 Å². The Morgan fingerprint density at radius 3 is 2.84 bits per heavy atom. The van der Waals surface area contributed by atoms with Gasteiger partial charge in [0.1, 0.15) is 10.4 Å². The molecule has 0 aliphatic carbocycles. The van der Waals surface area contributed by atoms with E-state index in [1.807, 2.05) is 50.1 Å². The monoisotopic (exact) mass is 450 g/mol. The van der Waals surface area contributed by atoms with Crippen molar-refractivity contribution < 1.29 is 9.59 Å². The zero-order valence-electron chi connectivity index (χ0n) is 18.4. The molecule has 166 valence electrons. The smallest absolute Gasteiger partial charge is 0.265 e. The normalized spacial score (nSPS) is 19.4. The molecule has 2 aliphatic rings. The Bertz CT molecular complexity index is 1180. The van der Waals surface area contributed by atoms with Crippen molar-refractivity contribution >= 4 is 28.8 Å². The van der Waals surface area contributed by atoms with Gasteiger partial charge in [0.25, 0.3) is 5.91 Å². The van der Waals surface area contributed by atoms with E-state index >= 15 is 0 Å². The number of nitrogens with zero attached hydrogens (tertiary/aromatic N) is 5. The van der Waals surface area contributed by atoms with Gasteiger partial charge in [-0.3, -0.25) is 9.59 Å². The number of thiazole rings is 1. The van der Waals surface area contributed by atoms with Crippen LogP contribution in [0.5, 0.6) is 0 Å². The van der Waals surface area contributed by atoms with Gasteiger partial charge in [0.15, 0.2) is 5.82 Å². The second-order valence-corrected chi connectivity index (χ2v) is 9.55. The van der Waals surface area contributed by atoms with Crippen molar-refractivity contribution in [3.05, 3.63) is 58.4 Å². The highest BCUT2D eigenvalue weighted by molar-refractivity contribution is 7.11. The maximum Gasteiger partial charge on any atom is 0.265 e. The second-order valence-electron chi connectivity index (χ2n) is 8.69. The summed E-state index contributed by atoms with van der Waals surface area (Å²) in [5.74, 6) is 0.763. The Kier molecular flexibility index (Phi) is 5.00.